The Bertz CT molecular complexity index is 949. The van der Waals surface area contributed by atoms with E-state index in [1.165, 1.54) is 9.13 Å². The first-order chi connectivity index (χ1) is 15.4. The Hall–Kier alpha value is -2.86. The van der Waals surface area contributed by atoms with Crippen molar-refractivity contribution >= 4 is 40.4 Å². The van der Waals surface area contributed by atoms with Gasteiger partial charge >= 0.3 is 5.97 Å². The van der Waals surface area contributed by atoms with Gasteiger partial charge in [-0.15, -0.1) is 6.42 Å². The van der Waals surface area contributed by atoms with Crippen LogP contribution in [0.5, 0.6) is 0 Å². The van der Waals surface area contributed by atoms with Gasteiger partial charge in [-0.25, -0.2) is 4.79 Å². The number of benzene rings is 2. The molecule has 0 saturated heterocycles. The predicted octanol–water partition coefficient (Wildman–Crippen LogP) is 3.76. The van der Waals surface area contributed by atoms with Crippen molar-refractivity contribution < 1.29 is 19.5 Å². The quantitative estimate of drug-likeness (QED) is 0.215. The maximum Gasteiger partial charge on any atom is 0.326 e. The van der Waals surface area contributed by atoms with Crippen LogP contribution in [0.25, 0.3) is 0 Å². The lowest BCUT2D eigenvalue weighted by molar-refractivity contribution is -0.139. The van der Waals surface area contributed by atoms with Crippen molar-refractivity contribution in [1.29, 1.82) is 0 Å². The molecule has 2 aromatic rings. The summed E-state index contributed by atoms with van der Waals surface area (Å²) in [6.45, 7) is 0.482. The van der Waals surface area contributed by atoms with Crippen molar-refractivity contribution in [3.63, 3.8) is 0 Å². The second-order valence-corrected chi connectivity index (χ2v) is 8.66. The monoisotopic (exact) mass is 546 g/mol. The molecule has 0 aromatic heterocycles. The van der Waals surface area contributed by atoms with Gasteiger partial charge in [-0.3, -0.25) is 9.59 Å². The van der Waals surface area contributed by atoms with E-state index in [4.69, 9.17) is 6.42 Å². The van der Waals surface area contributed by atoms with E-state index in [-0.39, 0.29) is 12.3 Å². The molecule has 6 nitrogen and oxygen atoms in total. The van der Waals surface area contributed by atoms with E-state index in [0.29, 0.717) is 36.9 Å². The minimum Gasteiger partial charge on any atom is -0.480 e. The average Bonchev–Trinajstić information content (AvgIpc) is 2.79. The smallest absolute Gasteiger partial charge is 0.326 e. The van der Waals surface area contributed by atoms with Crippen LogP contribution < -0.4 is 10.6 Å². The maximum absolute atomic E-state index is 12.3. The summed E-state index contributed by atoms with van der Waals surface area (Å²) in [5.41, 5.74) is 2.22. The van der Waals surface area contributed by atoms with Crippen molar-refractivity contribution in [2.75, 3.05) is 6.54 Å². The van der Waals surface area contributed by atoms with Crippen LogP contribution in [0.3, 0.4) is 0 Å². The number of carboxylic acids is 1. The molecule has 0 aliphatic heterocycles. The lowest BCUT2D eigenvalue weighted by Crippen LogP contribution is -2.40. The number of carboxylic acid groups (broad SMARTS) is 1. The highest BCUT2D eigenvalue weighted by Gasteiger charge is 2.20. The minimum atomic E-state index is -1.08. The van der Waals surface area contributed by atoms with Crippen LogP contribution in [0.2, 0.25) is 0 Å². The van der Waals surface area contributed by atoms with Crippen molar-refractivity contribution in [2.24, 2.45) is 0 Å². The summed E-state index contributed by atoms with van der Waals surface area (Å²) in [5, 5.41) is 14.8. The van der Waals surface area contributed by atoms with Gasteiger partial charge in [0.1, 0.15) is 6.04 Å². The first-order valence-electron chi connectivity index (χ1n) is 10.5. The summed E-state index contributed by atoms with van der Waals surface area (Å²) >= 11 is 2.26. The molecular weight excluding hydrogens is 519 g/mol. The molecule has 2 aromatic carbocycles. The number of aliphatic carboxylic acids is 1. The zero-order valence-electron chi connectivity index (χ0n) is 17.8. The van der Waals surface area contributed by atoms with E-state index < -0.39 is 17.9 Å². The second kappa shape index (κ2) is 13.5. The van der Waals surface area contributed by atoms with Crippen LogP contribution in [0.1, 0.15) is 53.6 Å². The highest BCUT2D eigenvalue weighted by Crippen LogP contribution is 2.10. The number of unbranched alkanes of at least 4 members (excludes halogenated alkanes) is 1. The fourth-order valence-corrected chi connectivity index (χ4v) is 3.47. The third-order valence-corrected chi connectivity index (χ3v) is 5.66. The Kier molecular flexibility index (Phi) is 10.7. The summed E-state index contributed by atoms with van der Waals surface area (Å²) in [6.07, 6.45) is 8.87. The van der Waals surface area contributed by atoms with Crippen LogP contribution in [0.15, 0.2) is 48.5 Å². The number of amides is 2. The number of carbonyl (C=O) groups is 3. The molecule has 0 bridgehead atoms. The highest BCUT2D eigenvalue weighted by atomic mass is 127. The van der Waals surface area contributed by atoms with Gasteiger partial charge in [0.05, 0.1) is 0 Å². The predicted molar refractivity (Wildman–Crippen MR) is 132 cm³/mol. The van der Waals surface area contributed by atoms with E-state index >= 15 is 0 Å². The lowest BCUT2D eigenvalue weighted by atomic mass is 10.1. The molecule has 168 valence electrons. The van der Waals surface area contributed by atoms with Crippen LogP contribution in [-0.4, -0.2) is 35.5 Å². The molecule has 2 rings (SSSR count). The molecule has 1 atom stereocenters. The third-order valence-electron chi connectivity index (χ3n) is 4.94. The van der Waals surface area contributed by atoms with Gasteiger partial charge in [0, 0.05) is 27.7 Å². The first-order valence-corrected chi connectivity index (χ1v) is 11.6. The normalized spacial score (nSPS) is 11.2. The largest absolute Gasteiger partial charge is 0.480 e. The zero-order chi connectivity index (χ0) is 23.3. The van der Waals surface area contributed by atoms with E-state index in [1.54, 1.807) is 24.3 Å². The average molecular weight is 546 g/mol. The fraction of sp³-hybridized carbons (Fsp3) is 0.320. The number of hydrogen-bond donors (Lipinski definition) is 3. The van der Waals surface area contributed by atoms with Crippen molar-refractivity contribution in [3.8, 4) is 12.3 Å². The Morgan fingerprint density at radius 3 is 2.31 bits per heavy atom. The molecule has 0 aliphatic carbocycles. The molecule has 32 heavy (non-hydrogen) atoms. The Morgan fingerprint density at radius 1 is 1.00 bits per heavy atom. The van der Waals surface area contributed by atoms with Crippen molar-refractivity contribution in [2.45, 2.75) is 44.6 Å². The topological polar surface area (TPSA) is 95.5 Å². The standard InChI is InChI=1S/C25H27IN2O4/c1-2-18-9-13-20(14-10-18)24(30)28-22(25(31)32)7-3-4-17-27-23(29)8-5-6-19-11-15-21(26)16-12-19/h1,9-16,22H,3-8,17H2,(H,27,29)(H,28,30)(H,31,32)/t22-/m0/s1. The molecule has 0 fully saturated rings. The number of terminal acetylenes is 1. The molecule has 0 radical (unpaired) electrons. The number of nitrogens with one attached hydrogen (secondary N) is 2. The number of carbonyl (C=O) groups excluding carboxylic acids is 2. The van der Waals surface area contributed by atoms with E-state index in [1.807, 2.05) is 0 Å². The van der Waals surface area contributed by atoms with Gasteiger partial charge in [-0.1, -0.05) is 18.1 Å². The fourth-order valence-electron chi connectivity index (χ4n) is 3.11. The summed E-state index contributed by atoms with van der Waals surface area (Å²) in [6, 6.07) is 13.7. The third kappa shape index (κ3) is 9.10. The Morgan fingerprint density at radius 2 is 1.69 bits per heavy atom. The van der Waals surface area contributed by atoms with Crippen molar-refractivity contribution in [1.82, 2.24) is 10.6 Å². The van der Waals surface area contributed by atoms with Gasteiger partial charge in [-0.2, -0.15) is 0 Å². The van der Waals surface area contributed by atoms with Gasteiger partial charge in [0.2, 0.25) is 5.91 Å². The molecule has 3 N–H and O–H groups in total. The van der Waals surface area contributed by atoms with E-state index in [9.17, 15) is 19.5 Å². The van der Waals surface area contributed by atoms with Gasteiger partial charge in [-0.05, 0) is 96.7 Å². The maximum atomic E-state index is 12.3. The molecule has 0 spiro atoms. The van der Waals surface area contributed by atoms with Crippen LogP contribution in [-0.2, 0) is 16.0 Å². The Labute approximate surface area is 202 Å². The molecule has 0 unspecified atom stereocenters. The number of aryl methyl sites for hydroxylation is 1. The lowest BCUT2D eigenvalue weighted by Gasteiger charge is -2.14. The highest BCUT2D eigenvalue weighted by molar-refractivity contribution is 14.1. The molecule has 0 heterocycles. The second-order valence-electron chi connectivity index (χ2n) is 7.41. The number of hydrogen-bond acceptors (Lipinski definition) is 3. The van der Waals surface area contributed by atoms with Crippen molar-refractivity contribution in [3.05, 3.63) is 68.8 Å². The van der Waals surface area contributed by atoms with E-state index in [0.717, 1.165) is 12.8 Å². The SMILES string of the molecule is C#Cc1ccc(C(=O)N[C@@H](CCCCNC(=O)CCCc2ccc(I)cc2)C(=O)O)cc1. The first kappa shape index (κ1) is 25.4. The number of halogens is 1. The molecule has 0 aliphatic rings. The van der Waals surface area contributed by atoms with Crippen LogP contribution in [0.4, 0.5) is 0 Å². The summed E-state index contributed by atoms with van der Waals surface area (Å²) in [7, 11) is 0. The van der Waals surface area contributed by atoms with Crippen LogP contribution >= 0.6 is 22.6 Å². The molecule has 0 saturated carbocycles. The minimum absolute atomic E-state index is 0.00554. The molecule has 7 heteroatoms. The van der Waals surface area contributed by atoms with Gasteiger partial charge in [0.15, 0.2) is 0 Å². The molecular formula is C25H27IN2O4. The summed E-state index contributed by atoms with van der Waals surface area (Å²) in [5.74, 6) is 0.918. The molecule has 2 amide bonds. The number of rotatable bonds is 12. The zero-order valence-corrected chi connectivity index (χ0v) is 19.9. The van der Waals surface area contributed by atoms with Gasteiger partial charge < -0.3 is 15.7 Å². The Balaban J connectivity index is 1.64. The van der Waals surface area contributed by atoms with Gasteiger partial charge in [0.25, 0.3) is 5.91 Å². The van der Waals surface area contributed by atoms with E-state index in [2.05, 4.69) is 63.4 Å². The summed E-state index contributed by atoms with van der Waals surface area (Å²) in [4.78, 5) is 35.7. The van der Waals surface area contributed by atoms with Crippen LogP contribution in [0, 0.1) is 15.9 Å². The summed E-state index contributed by atoms with van der Waals surface area (Å²) < 4.78 is 1.19.